The Kier molecular flexibility index (Phi) is 7.33. The van der Waals surface area contributed by atoms with Gasteiger partial charge in [0.25, 0.3) is 0 Å². The third-order valence-electron chi connectivity index (χ3n) is 11.1. The molecule has 0 saturated heterocycles. The van der Waals surface area contributed by atoms with Crippen molar-refractivity contribution in [2.24, 2.45) is 0 Å². The second-order valence-electron chi connectivity index (χ2n) is 14.6. The molecule has 0 aliphatic carbocycles. The molecule has 6 heteroatoms. The monoisotopic (exact) mass is 758 g/mol. The first-order chi connectivity index (χ1) is 28.7. The van der Waals surface area contributed by atoms with Crippen molar-refractivity contribution in [2.75, 3.05) is 0 Å². The molecule has 3 aromatic heterocycles. The fourth-order valence-corrected chi connectivity index (χ4v) is 9.57. The SMILES string of the molecule is c1ccc(-c2nc(-c3ccccc3)nc(-c3cccc4oc5cc(-c6cccc7c6ccc6ccc8ccc9nc(-c%10ccccc%10)sc9c8c67)ccc5c34)n2)cc1. The number of aromatic nitrogens is 4. The van der Waals surface area contributed by atoms with E-state index >= 15 is 0 Å². The molecule has 0 fully saturated rings. The Bertz CT molecular complexity index is 3500. The number of thiazole rings is 1. The van der Waals surface area contributed by atoms with Crippen LogP contribution in [0.2, 0.25) is 0 Å². The molecule has 0 N–H and O–H groups in total. The first-order valence-electron chi connectivity index (χ1n) is 19.3. The van der Waals surface area contributed by atoms with E-state index in [0.29, 0.717) is 17.5 Å². The molecule has 270 valence electrons. The highest BCUT2D eigenvalue weighted by Gasteiger charge is 2.20. The molecular weight excluding hydrogens is 729 g/mol. The van der Waals surface area contributed by atoms with Gasteiger partial charge in [0.15, 0.2) is 17.5 Å². The average Bonchev–Trinajstić information content (AvgIpc) is 3.91. The number of rotatable bonds is 5. The van der Waals surface area contributed by atoms with Crippen LogP contribution in [-0.2, 0) is 0 Å². The lowest BCUT2D eigenvalue weighted by Gasteiger charge is -2.12. The minimum absolute atomic E-state index is 0.601. The van der Waals surface area contributed by atoms with Gasteiger partial charge in [0.2, 0.25) is 0 Å². The van der Waals surface area contributed by atoms with Crippen molar-refractivity contribution in [2.45, 2.75) is 0 Å². The lowest BCUT2D eigenvalue weighted by atomic mass is 9.92. The second-order valence-corrected chi connectivity index (χ2v) is 15.6. The summed E-state index contributed by atoms with van der Waals surface area (Å²) in [5.41, 5.74) is 8.76. The summed E-state index contributed by atoms with van der Waals surface area (Å²) in [6.45, 7) is 0. The van der Waals surface area contributed by atoms with Crippen molar-refractivity contribution in [3.63, 3.8) is 0 Å². The predicted octanol–water partition coefficient (Wildman–Crippen LogP) is 14.2. The van der Waals surface area contributed by atoms with Crippen LogP contribution in [0.1, 0.15) is 0 Å². The fraction of sp³-hybridized carbons (Fsp3) is 0. The Morgan fingerprint density at radius 2 is 0.966 bits per heavy atom. The summed E-state index contributed by atoms with van der Waals surface area (Å²) in [5.74, 6) is 1.85. The first kappa shape index (κ1) is 32.7. The van der Waals surface area contributed by atoms with Crippen LogP contribution in [0.3, 0.4) is 0 Å². The summed E-state index contributed by atoms with van der Waals surface area (Å²) < 4.78 is 7.87. The van der Waals surface area contributed by atoms with Gasteiger partial charge in [-0.2, -0.15) is 0 Å². The van der Waals surface area contributed by atoms with Crippen LogP contribution < -0.4 is 0 Å². The smallest absolute Gasteiger partial charge is 0.164 e. The van der Waals surface area contributed by atoms with Crippen LogP contribution >= 0.6 is 11.3 Å². The van der Waals surface area contributed by atoms with Gasteiger partial charge in [0.1, 0.15) is 16.2 Å². The van der Waals surface area contributed by atoms with Crippen LogP contribution in [0.25, 0.3) is 120 Å². The van der Waals surface area contributed by atoms with Crippen molar-refractivity contribution in [3.05, 3.63) is 182 Å². The molecule has 0 aliphatic heterocycles. The van der Waals surface area contributed by atoms with Gasteiger partial charge in [-0.3, -0.25) is 0 Å². The maximum absolute atomic E-state index is 6.66. The van der Waals surface area contributed by atoms with Crippen molar-refractivity contribution < 1.29 is 4.42 Å². The normalized spacial score (nSPS) is 11.8. The Morgan fingerprint density at radius 3 is 1.71 bits per heavy atom. The summed E-state index contributed by atoms with van der Waals surface area (Å²) in [7, 11) is 0. The Balaban J connectivity index is 1.03. The largest absolute Gasteiger partial charge is 0.456 e. The maximum atomic E-state index is 6.66. The zero-order chi connectivity index (χ0) is 38.2. The Hall–Kier alpha value is -7.54. The van der Waals surface area contributed by atoms with Gasteiger partial charge in [0.05, 0.1) is 10.2 Å². The van der Waals surface area contributed by atoms with E-state index in [-0.39, 0.29) is 0 Å². The van der Waals surface area contributed by atoms with Crippen molar-refractivity contribution in [1.29, 1.82) is 0 Å². The van der Waals surface area contributed by atoms with Gasteiger partial charge in [-0.25, -0.2) is 19.9 Å². The molecule has 0 amide bonds. The number of benzene rings is 9. The van der Waals surface area contributed by atoms with Gasteiger partial charge in [-0.15, -0.1) is 11.3 Å². The molecule has 9 aromatic carbocycles. The molecule has 0 atom stereocenters. The lowest BCUT2D eigenvalue weighted by Crippen LogP contribution is -2.00. The van der Waals surface area contributed by atoms with E-state index in [9.17, 15) is 0 Å². The van der Waals surface area contributed by atoms with Crippen molar-refractivity contribution in [1.82, 2.24) is 19.9 Å². The number of hydrogen-bond acceptors (Lipinski definition) is 6. The van der Waals surface area contributed by atoms with E-state index in [1.54, 1.807) is 11.3 Å². The molecule has 0 aliphatic rings. The second kappa shape index (κ2) is 13.0. The number of furan rings is 1. The highest BCUT2D eigenvalue weighted by atomic mass is 32.1. The minimum atomic E-state index is 0.601. The van der Waals surface area contributed by atoms with Gasteiger partial charge in [-0.1, -0.05) is 158 Å². The van der Waals surface area contributed by atoms with Gasteiger partial charge < -0.3 is 4.42 Å². The summed E-state index contributed by atoms with van der Waals surface area (Å²) in [6, 6.07) is 63.3. The summed E-state index contributed by atoms with van der Waals surface area (Å²) in [5, 5.41) is 10.4. The third kappa shape index (κ3) is 5.23. The molecule has 3 heterocycles. The zero-order valence-electron chi connectivity index (χ0n) is 30.9. The van der Waals surface area contributed by atoms with E-state index in [1.165, 1.54) is 37.0 Å². The number of hydrogen-bond donors (Lipinski definition) is 0. The Labute approximate surface area is 336 Å². The summed E-state index contributed by atoms with van der Waals surface area (Å²) >= 11 is 1.77. The van der Waals surface area contributed by atoms with Crippen LogP contribution in [0, 0.1) is 0 Å². The third-order valence-corrected chi connectivity index (χ3v) is 12.3. The van der Waals surface area contributed by atoms with Gasteiger partial charge in [0, 0.05) is 38.4 Å². The number of fused-ring (bicyclic) bond motifs is 10. The molecule has 0 unspecified atom stereocenters. The van der Waals surface area contributed by atoms with Gasteiger partial charge in [-0.05, 0) is 62.3 Å². The topological polar surface area (TPSA) is 64.7 Å². The first-order valence-corrected chi connectivity index (χ1v) is 20.1. The van der Waals surface area contributed by atoms with Crippen LogP contribution in [0.15, 0.2) is 186 Å². The molecule has 12 aromatic rings. The molecule has 0 bridgehead atoms. The van der Waals surface area contributed by atoms with E-state index in [2.05, 4.69) is 103 Å². The fourth-order valence-electron chi connectivity index (χ4n) is 8.44. The molecule has 58 heavy (non-hydrogen) atoms. The van der Waals surface area contributed by atoms with Crippen LogP contribution in [0.5, 0.6) is 0 Å². The zero-order valence-corrected chi connectivity index (χ0v) is 31.7. The molecule has 0 saturated carbocycles. The highest BCUT2D eigenvalue weighted by molar-refractivity contribution is 7.22. The van der Waals surface area contributed by atoms with E-state index in [1.807, 2.05) is 78.9 Å². The molecule has 0 spiro atoms. The number of nitrogens with zero attached hydrogens (tertiary/aromatic N) is 4. The predicted molar refractivity (Wildman–Crippen MR) is 240 cm³/mol. The van der Waals surface area contributed by atoms with E-state index in [0.717, 1.165) is 65.8 Å². The standard InChI is InChI=1S/C52H30N4OS/c1-4-12-33(13-5-1)49-54-50(34-14-6-2-7-15-34)56-51(55-49)41-20-11-21-43-47(41)40-28-25-36(30-44(40)57-43)37-18-10-19-39-38(37)27-24-31-22-23-32-26-29-42-48(46(32)45(31)39)58-52(53-42)35-16-8-3-9-17-35/h1-30H. The van der Waals surface area contributed by atoms with Crippen molar-refractivity contribution in [3.8, 4) is 55.9 Å². The maximum Gasteiger partial charge on any atom is 0.164 e. The minimum Gasteiger partial charge on any atom is -0.456 e. The molecule has 12 rings (SSSR count). The average molecular weight is 759 g/mol. The van der Waals surface area contributed by atoms with Crippen molar-refractivity contribution >= 4 is 75.8 Å². The molecule has 0 radical (unpaired) electrons. The summed E-state index contributed by atoms with van der Waals surface area (Å²) in [6.07, 6.45) is 0. The van der Waals surface area contributed by atoms with E-state index < -0.39 is 0 Å². The highest BCUT2D eigenvalue weighted by Crippen LogP contribution is 2.44. The van der Waals surface area contributed by atoms with Gasteiger partial charge >= 0.3 is 0 Å². The molecular formula is C52H30N4OS. The quantitative estimate of drug-likeness (QED) is 0.164. The molecule has 5 nitrogen and oxygen atoms in total. The van der Waals surface area contributed by atoms with E-state index in [4.69, 9.17) is 24.4 Å². The van der Waals surface area contributed by atoms with Crippen LogP contribution in [-0.4, -0.2) is 19.9 Å². The Morgan fingerprint density at radius 1 is 0.362 bits per heavy atom. The lowest BCUT2D eigenvalue weighted by molar-refractivity contribution is 0.669. The van der Waals surface area contributed by atoms with Crippen LogP contribution in [0.4, 0.5) is 0 Å². The summed E-state index contributed by atoms with van der Waals surface area (Å²) in [4.78, 5) is 20.1.